The number of hydrogen-bond donors (Lipinski definition) is 1. The summed E-state index contributed by atoms with van der Waals surface area (Å²) in [6.07, 6.45) is 3.59. The molecule has 0 saturated carbocycles. The minimum Gasteiger partial charge on any atom is -0.393 e. The topological polar surface area (TPSA) is 53.4 Å². The van der Waals surface area contributed by atoms with Crippen LogP contribution in [0.1, 0.15) is 36.0 Å². The van der Waals surface area contributed by atoms with E-state index in [2.05, 4.69) is 4.98 Å². The molecule has 1 aromatic heterocycles. The van der Waals surface area contributed by atoms with Crippen LogP contribution in [-0.4, -0.2) is 39.1 Å². The fraction of sp³-hybridized carbons (Fsp3) is 0.538. The number of aromatic nitrogens is 1. The predicted octanol–water partition coefficient (Wildman–Crippen LogP) is 2.00. The number of halogens is 2. The number of fused-ring (bicyclic) bond motifs is 2. The van der Waals surface area contributed by atoms with Crippen LogP contribution in [0.5, 0.6) is 0 Å². The number of rotatable bonds is 1. The average Bonchev–Trinajstić information content (AvgIpc) is 2.64. The molecule has 102 valence electrons. The molecule has 2 fully saturated rings. The SMILES string of the molecule is O=C(c1cc(F)cnc1Cl)N1C2CCC1CC(O)C2. The van der Waals surface area contributed by atoms with Gasteiger partial charge in [0.1, 0.15) is 11.0 Å². The molecule has 1 aromatic rings. The lowest BCUT2D eigenvalue weighted by Crippen LogP contribution is -2.48. The lowest BCUT2D eigenvalue weighted by atomic mass is 9.99. The van der Waals surface area contributed by atoms with Gasteiger partial charge in [-0.1, -0.05) is 11.6 Å². The van der Waals surface area contributed by atoms with Crippen LogP contribution in [0.3, 0.4) is 0 Å². The zero-order valence-corrected chi connectivity index (χ0v) is 11.0. The molecule has 6 heteroatoms. The van der Waals surface area contributed by atoms with Gasteiger partial charge < -0.3 is 10.0 Å². The Morgan fingerprint density at radius 1 is 1.42 bits per heavy atom. The predicted molar refractivity (Wildman–Crippen MR) is 67.4 cm³/mol. The second kappa shape index (κ2) is 4.72. The van der Waals surface area contributed by atoms with Crippen molar-refractivity contribution in [1.29, 1.82) is 0 Å². The molecule has 2 saturated heterocycles. The number of amides is 1. The number of aliphatic hydroxyl groups excluding tert-OH is 1. The molecule has 0 radical (unpaired) electrons. The summed E-state index contributed by atoms with van der Waals surface area (Å²) in [5.74, 6) is -0.853. The first kappa shape index (κ1) is 12.8. The monoisotopic (exact) mass is 284 g/mol. The summed E-state index contributed by atoms with van der Waals surface area (Å²) in [4.78, 5) is 17.9. The van der Waals surface area contributed by atoms with Gasteiger partial charge in [0.2, 0.25) is 0 Å². The van der Waals surface area contributed by atoms with Crippen molar-refractivity contribution in [2.75, 3.05) is 0 Å². The minimum atomic E-state index is -0.572. The zero-order chi connectivity index (χ0) is 13.6. The van der Waals surface area contributed by atoms with E-state index in [0.717, 1.165) is 25.1 Å². The highest BCUT2D eigenvalue weighted by Crippen LogP contribution is 2.37. The van der Waals surface area contributed by atoms with Crippen LogP contribution in [-0.2, 0) is 0 Å². The quantitative estimate of drug-likeness (QED) is 0.803. The van der Waals surface area contributed by atoms with Gasteiger partial charge >= 0.3 is 0 Å². The van der Waals surface area contributed by atoms with Crippen molar-refractivity contribution in [3.8, 4) is 0 Å². The molecule has 2 bridgehead atoms. The summed E-state index contributed by atoms with van der Waals surface area (Å²) in [5, 5.41) is 9.75. The van der Waals surface area contributed by atoms with Crippen molar-refractivity contribution in [2.24, 2.45) is 0 Å². The summed E-state index contributed by atoms with van der Waals surface area (Å²) < 4.78 is 13.2. The lowest BCUT2D eigenvalue weighted by Gasteiger charge is -2.37. The first-order chi connectivity index (χ1) is 9.06. The molecule has 1 N–H and O–H groups in total. The molecule has 4 nitrogen and oxygen atoms in total. The van der Waals surface area contributed by atoms with Crippen LogP contribution >= 0.6 is 11.6 Å². The van der Waals surface area contributed by atoms with E-state index >= 15 is 0 Å². The Hall–Kier alpha value is -1.20. The second-order valence-corrected chi connectivity index (χ2v) is 5.57. The smallest absolute Gasteiger partial charge is 0.257 e. The van der Waals surface area contributed by atoms with Crippen molar-refractivity contribution in [3.05, 3.63) is 28.8 Å². The Balaban J connectivity index is 1.90. The van der Waals surface area contributed by atoms with Crippen molar-refractivity contribution in [3.63, 3.8) is 0 Å². The van der Waals surface area contributed by atoms with Crippen molar-refractivity contribution < 1.29 is 14.3 Å². The molecule has 3 heterocycles. The lowest BCUT2D eigenvalue weighted by molar-refractivity contribution is 0.0286. The van der Waals surface area contributed by atoms with Crippen molar-refractivity contribution in [1.82, 2.24) is 9.88 Å². The van der Waals surface area contributed by atoms with Gasteiger partial charge in [-0.25, -0.2) is 9.37 Å². The molecule has 3 rings (SSSR count). The number of pyridine rings is 1. The molecule has 2 unspecified atom stereocenters. The number of carbonyl (C=O) groups excluding carboxylic acids is 1. The fourth-order valence-corrected chi connectivity index (χ4v) is 3.38. The molecular formula is C13H14ClFN2O2. The molecular weight excluding hydrogens is 271 g/mol. The van der Waals surface area contributed by atoms with Gasteiger partial charge in [-0.05, 0) is 31.7 Å². The van der Waals surface area contributed by atoms with Crippen LogP contribution in [0.25, 0.3) is 0 Å². The van der Waals surface area contributed by atoms with Crippen molar-refractivity contribution in [2.45, 2.75) is 43.9 Å². The summed E-state index contributed by atoms with van der Waals surface area (Å²) in [5.41, 5.74) is 0.106. The van der Waals surface area contributed by atoms with E-state index in [1.807, 2.05) is 0 Å². The van der Waals surface area contributed by atoms with Crippen LogP contribution in [0.15, 0.2) is 12.3 Å². The normalized spacial score (nSPS) is 29.6. The Bertz CT molecular complexity index is 511. The van der Waals surface area contributed by atoms with E-state index in [-0.39, 0.29) is 34.8 Å². The first-order valence-electron chi connectivity index (χ1n) is 6.38. The van der Waals surface area contributed by atoms with Crippen LogP contribution in [0, 0.1) is 5.82 Å². The van der Waals surface area contributed by atoms with Gasteiger partial charge in [-0.15, -0.1) is 0 Å². The van der Waals surface area contributed by atoms with Gasteiger partial charge in [0.05, 0.1) is 17.9 Å². The average molecular weight is 285 g/mol. The second-order valence-electron chi connectivity index (χ2n) is 5.21. The Kier molecular flexibility index (Phi) is 3.19. The molecule has 0 spiro atoms. The van der Waals surface area contributed by atoms with Gasteiger partial charge in [-0.2, -0.15) is 0 Å². The maximum absolute atomic E-state index is 13.2. The van der Waals surface area contributed by atoms with Gasteiger partial charge in [0.25, 0.3) is 5.91 Å². The highest BCUT2D eigenvalue weighted by atomic mass is 35.5. The number of aliphatic hydroxyl groups is 1. The van der Waals surface area contributed by atoms with Gasteiger partial charge in [0.15, 0.2) is 0 Å². The number of piperidine rings is 1. The standard InChI is InChI=1S/C13H14ClFN2O2/c14-12-11(3-7(15)6-16-12)13(19)17-8-1-2-9(17)5-10(18)4-8/h3,6,8-10,18H,1-2,4-5H2. The van der Waals surface area contributed by atoms with E-state index < -0.39 is 5.82 Å². The third-order valence-corrected chi connectivity index (χ3v) is 4.28. The zero-order valence-electron chi connectivity index (χ0n) is 10.2. The van der Waals surface area contributed by atoms with Crippen LogP contribution in [0.2, 0.25) is 5.15 Å². The molecule has 1 amide bonds. The van der Waals surface area contributed by atoms with E-state index in [0.29, 0.717) is 12.8 Å². The largest absolute Gasteiger partial charge is 0.393 e. The number of carbonyl (C=O) groups is 1. The molecule has 2 atom stereocenters. The number of hydrogen-bond acceptors (Lipinski definition) is 3. The van der Waals surface area contributed by atoms with E-state index in [9.17, 15) is 14.3 Å². The summed E-state index contributed by atoms with van der Waals surface area (Å²) in [7, 11) is 0. The van der Waals surface area contributed by atoms with Gasteiger partial charge in [0, 0.05) is 12.1 Å². The molecule has 2 aliphatic rings. The molecule has 0 aromatic carbocycles. The highest BCUT2D eigenvalue weighted by Gasteiger charge is 2.43. The summed E-state index contributed by atoms with van der Waals surface area (Å²) in [6.45, 7) is 0. The summed E-state index contributed by atoms with van der Waals surface area (Å²) >= 11 is 5.88. The molecule has 0 aliphatic carbocycles. The molecule has 2 aliphatic heterocycles. The maximum Gasteiger partial charge on any atom is 0.257 e. The molecule has 19 heavy (non-hydrogen) atoms. The Morgan fingerprint density at radius 3 is 2.68 bits per heavy atom. The van der Waals surface area contributed by atoms with E-state index in [1.54, 1.807) is 4.90 Å². The maximum atomic E-state index is 13.2. The Labute approximate surface area is 115 Å². The highest BCUT2D eigenvalue weighted by molar-refractivity contribution is 6.32. The van der Waals surface area contributed by atoms with Crippen LogP contribution in [0.4, 0.5) is 4.39 Å². The minimum absolute atomic E-state index is 0.0249. The van der Waals surface area contributed by atoms with Crippen molar-refractivity contribution >= 4 is 17.5 Å². The third kappa shape index (κ3) is 2.21. The number of nitrogens with zero attached hydrogens (tertiary/aromatic N) is 2. The Morgan fingerprint density at radius 2 is 2.05 bits per heavy atom. The fourth-order valence-electron chi connectivity index (χ4n) is 3.19. The van der Waals surface area contributed by atoms with Gasteiger partial charge in [-0.3, -0.25) is 4.79 Å². The van der Waals surface area contributed by atoms with E-state index in [1.165, 1.54) is 0 Å². The first-order valence-corrected chi connectivity index (χ1v) is 6.76. The third-order valence-electron chi connectivity index (χ3n) is 3.98. The van der Waals surface area contributed by atoms with Crippen LogP contribution < -0.4 is 0 Å². The summed E-state index contributed by atoms with van der Waals surface area (Å²) in [6, 6.07) is 1.18. The van der Waals surface area contributed by atoms with E-state index in [4.69, 9.17) is 11.6 Å².